The number of benzene rings is 1. The lowest BCUT2D eigenvalue weighted by molar-refractivity contribution is 0.211. The summed E-state index contributed by atoms with van der Waals surface area (Å²) < 4.78 is 0. The van der Waals surface area contributed by atoms with Crippen LogP contribution in [-0.2, 0) is 0 Å². The summed E-state index contributed by atoms with van der Waals surface area (Å²) in [5, 5.41) is 0. The van der Waals surface area contributed by atoms with E-state index in [0.717, 1.165) is 12.5 Å². The number of rotatable bonds is 6. The first-order chi connectivity index (χ1) is 10.0. The van der Waals surface area contributed by atoms with Gasteiger partial charge in [0.25, 0.3) is 0 Å². The summed E-state index contributed by atoms with van der Waals surface area (Å²) in [6.45, 7) is 4.23. The second-order valence-electron chi connectivity index (χ2n) is 6.59. The van der Waals surface area contributed by atoms with Crippen molar-refractivity contribution in [3.63, 3.8) is 0 Å². The molecule has 0 aliphatic carbocycles. The Hall–Kier alpha value is -1.10. The Kier molecular flexibility index (Phi) is 5.62. The fraction of sp³-hybridized carbons (Fsp3) is 0.647. The third-order valence-corrected chi connectivity index (χ3v) is 4.58. The molecule has 1 aromatic rings. The van der Waals surface area contributed by atoms with E-state index in [1.807, 2.05) is 0 Å². The lowest BCUT2D eigenvalue weighted by Gasteiger charge is -2.30. The van der Waals surface area contributed by atoms with Crippen molar-refractivity contribution in [1.82, 2.24) is 9.80 Å². The number of hydrogen-bond donors (Lipinski definition) is 1. The third-order valence-electron chi connectivity index (χ3n) is 4.58. The number of nitrogens with zero attached hydrogens (tertiary/aromatic N) is 3. The van der Waals surface area contributed by atoms with Crippen LogP contribution in [0.2, 0.25) is 0 Å². The fourth-order valence-corrected chi connectivity index (χ4v) is 3.27. The van der Waals surface area contributed by atoms with E-state index in [0.29, 0.717) is 12.6 Å². The molecule has 0 bridgehead atoms. The fourth-order valence-electron chi connectivity index (χ4n) is 3.27. The highest BCUT2D eigenvalue weighted by Crippen LogP contribution is 2.24. The topological polar surface area (TPSA) is 35.7 Å². The van der Waals surface area contributed by atoms with Crippen LogP contribution in [0.4, 0.5) is 5.69 Å². The highest BCUT2D eigenvalue weighted by Gasteiger charge is 2.24. The minimum absolute atomic E-state index is 0.312. The van der Waals surface area contributed by atoms with E-state index in [1.165, 1.54) is 30.8 Å². The quantitative estimate of drug-likeness (QED) is 0.864. The normalized spacial score (nSPS) is 21.0. The Balaban J connectivity index is 2.00. The number of likely N-dealkylation sites (tertiary alicyclic amines) is 1. The third kappa shape index (κ3) is 4.19. The highest BCUT2D eigenvalue weighted by atomic mass is 15.2. The van der Waals surface area contributed by atoms with E-state index in [2.05, 4.69) is 67.2 Å². The van der Waals surface area contributed by atoms with E-state index >= 15 is 0 Å². The average Bonchev–Trinajstić information content (AvgIpc) is 2.85. The van der Waals surface area contributed by atoms with Crippen LogP contribution in [0.1, 0.15) is 18.0 Å². The monoisotopic (exact) mass is 290 g/mol. The minimum Gasteiger partial charge on any atom is -0.378 e. The molecular formula is C17H30N4. The van der Waals surface area contributed by atoms with Crippen molar-refractivity contribution in [2.24, 2.45) is 11.7 Å². The first-order valence-corrected chi connectivity index (χ1v) is 7.87. The Morgan fingerprint density at radius 1 is 1.24 bits per heavy atom. The zero-order chi connectivity index (χ0) is 15.4. The molecule has 0 amide bonds. The van der Waals surface area contributed by atoms with Crippen LogP contribution >= 0.6 is 0 Å². The van der Waals surface area contributed by atoms with Crippen LogP contribution in [0.5, 0.6) is 0 Å². The molecule has 0 radical (unpaired) electrons. The molecule has 1 heterocycles. The molecule has 0 aromatic heterocycles. The highest BCUT2D eigenvalue weighted by molar-refractivity contribution is 5.46. The van der Waals surface area contributed by atoms with Crippen molar-refractivity contribution < 1.29 is 0 Å². The molecule has 118 valence electrons. The molecule has 2 atom stereocenters. The molecule has 2 N–H and O–H groups in total. The van der Waals surface area contributed by atoms with Crippen LogP contribution in [0.15, 0.2) is 24.3 Å². The number of likely N-dealkylation sites (N-methyl/N-ethyl adjacent to an activating group) is 1. The smallest absolute Gasteiger partial charge is 0.0467 e. The van der Waals surface area contributed by atoms with Crippen LogP contribution < -0.4 is 10.6 Å². The van der Waals surface area contributed by atoms with Crippen molar-refractivity contribution in [2.75, 3.05) is 59.3 Å². The van der Waals surface area contributed by atoms with Crippen LogP contribution in [-0.4, -0.2) is 64.2 Å². The van der Waals surface area contributed by atoms with Crippen molar-refractivity contribution in [3.05, 3.63) is 29.8 Å². The van der Waals surface area contributed by atoms with Gasteiger partial charge in [0.05, 0.1) is 0 Å². The van der Waals surface area contributed by atoms with Gasteiger partial charge in [-0.1, -0.05) is 12.1 Å². The van der Waals surface area contributed by atoms with Crippen molar-refractivity contribution in [2.45, 2.75) is 12.5 Å². The maximum Gasteiger partial charge on any atom is 0.0467 e. The molecule has 1 saturated heterocycles. The molecule has 1 fully saturated rings. The van der Waals surface area contributed by atoms with E-state index in [9.17, 15) is 0 Å². The first-order valence-electron chi connectivity index (χ1n) is 7.87. The molecule has 2 rings (SSSR count). The molecule has 4 nitrogen and oxygen atoms in total. The summed E-state index contributed by atoms with van der Waals surface area (Å²) in [6.07, 6.45) is 1.30. The Morgan fingerprint density at radius 3 is 2.38 bits per heavy atom. The van der Waals surface area contributed by atoms with Gasteiger partial charge in [-0.3, -0.25) is 4.90 Å². The van der Waals surface area contributed by atoms with Crippen LogP contribution in [0.3, 0.4) is 0 Å². The second-order valence-corrected chi connectivity index (χ2v) is 6.59. The van der Waals surface area contributed by atoms with Gasteiger partial charge in [-0.2, -0.15) is 0 Å². The summed E-state index contributed by atoms with van der Waals surface area (Å²) in [5.74, 6) is 0.773. The zero-order valence-electron chi connectivity index (χ0n) is 13.9. The average molecular weight is 290 g/mol. The summed E-state index contributed by atoms with van der Waals surface area (Å²) in [6, 6.07) is 9.09. The Bertz CT molecular complexity index is 429. The van der Waals surface area contributed by atoms with E-state index in [-0.39, 0.29) is 0 Å². The Morgan fingerprint density at radius 2 is 1.90 bits per heavy atom. The molecule has 2 unspecified atom stereocenters. The van der Waals surface area contributed by atoms with Gasteiger partial charge in [-0.05, 0) is 50.7 Å². The van der Waals surface area contributed by atoms with Gasteiger partial charge < -0.3 is 15.5 Å². The molecule has 1 aromatic carbocycles. The number of hydrogen-bond acceptors (Lipinski definition) is 4. The van der Waals surface area contributed by atoms with Crippen LogP contribution in [0.25, 0.3) is 0 Å². The van der Waals surface area contributed by atoms with Gasteiger partial charge in [0, 0.05) is 45.5 Å². The largest absolute Gasteiger partial charge is 0.378 e. The predicted octanol–water partition coefficient (Wildman–Crippen LogP) is 1.64. The summed E-state index contributed by atoms with van der Waals surface area (Å²) >= 11 is 0. The lowest BCUT2D eigenvalue weighted by Crippen LogP contribution is -2.35. The molecule has 4 heteroatoms. The lowest BCUT2D eigenvalue weighted by atomic mass is 10.0. The van der Waals surface area contributed by atoms with Crippen LogP contribution in [0, 0.1) is 5.92 Å². The summed E-state index contributed by atoms with van der Waals surface area (Å²) in [4.78, 5) is 6.97. The SMILES string of the molecule is CN1CCC(CN(C)C(CN)c2ccc(N(C)C)cc2)C1. The van der Waals surface area contributed by atoms with Crippen molar-refractivity contribution in [1.29, 1.82) is 0 Å². The predicted molar refractivity (Wildman–Crippen MR) is 90.8 cm³/mol. The second kappa shape index (κ2) is 7.25. The van der Waals surface area contributed by atoms with Gasteiger partial charge in [-0.25, -0.2) is 0 Å². The zero-order valence-corrected chi connectivity index (χ0v) is 13.9. The minimum atomic E-state index is 0.312. The van der Waals surface area contributed by atoms with E-state index in [4.69, 9.17) is 5.73 Å². The summed E-state index contributed by atoms with van der Waals surface area (Å²) in [7, 11) is 8.55. The van der Waals surface area contributed by atoms with Gasteiger partial charge in [0.1, 0.15) is 0 Å². The van der Waals surface area contributed by atoms with E-state index in [1.54, 1.807) is 0 Å². The maximum absolute atomic E-state index is 6.04. The molecule has 0 spiro atoms. The number of anilines is 1. The van der Waals surface area contributed by atoms with Gasteiger partial charge in [0.2, 0.25) is 0 Å². The van der Waals surface area contributed by atoms with E-state index < -0.39 is 0 Å². The maximum atomic E-state index is 6.04. The van der Waals surface area contributed by atoms with Crippen molar-refractivity contribution >= 4 is 5.69 Å². The molecule has 1 aliphatic heterocycles. The van der Waals surface area contributed by atoms with Gasteiger partial charge in [0.15, 0.2) is 0 Å². The molecule has 1 aliphatic rings. The first kappa shape index (κ1) is 16.3. The molecule has 0 saturated carbocycles. The molecule has 21 heavy (non-hydrogen) atoms. The van der Waals surface area contributed by atoms with Crippen molar-refractivity contribution in [3.8, 4) is 0 Å². The standard InChI is InChI=1S/C17H30N4/c1-19(2)16-7-5-15(6-8-16)17(11-18)21(4)13-14-9-10-20(3)12-14/h5-8,14,17H,9-13,18H2,1-4H3. The Labute approximate surface area is 129 Å². The number of nitrogens with two attached hydrogens (primary N) is 1. The van der Waals surface area contributed by atoms with Gasteiger partial charge in [-0.15, -0.1) is 0 Å². The van der Waals surface area contributed by atoms with Gasteiger partial charge >= 0.3 is 0 Å². The molecular weight excluding hydrogens is 260 g/mol. The summed E-state index contributed by atoms with van der Waals surface area (Å²) in [5.41, 5.74) is 8.59.